The number of sulfone groups is 1. The Bertz CT molecular complexity index is 621. The van der Waals surface area contributed by atoms with E-state index in [1.165, 1.54) is 0 Å². The second-order valence-corrected chi connectivity index (χ2v) is 8.14. The number of hydrogen-bond acceptors (Lipinski definition) is 3. The Morgan fingerprint density at radius 2 is 1.80 bits per heavy atom. The van der Waals surface area contributed by atoms with Crippen LogP contribution in [-0.2, 0) is 9.84 Å². The van der Waals surface area contributed by atoms with Crippen molar-refractivity contribution in [3.8, 4) is 0 Å². The molecule has 2 aliphatic carbocycles. The van der Waals surface area contributed by atoms with Gasteiger partial charge in [-0.2, -0.15) is 0 Å². The van der Waals surface area contributed by atoms with Crippen molar-refractivity contribution in [3.63, 3.8) is 0 Å². The zero-order chi connectivity index (χ0) is 14.3. The van der Waals surface area contributed by atoms with E-state index >= 15 is 0 Å². The van der Waals surface area contributed by atoms with Crippen LogP contribution in [0.2, 0.25) is 5.02 Å². The van der Waals surface area contributed by atoms with Gasteiger partial charge in [-0.25, -0.2) is 8.42 Å². The summed E-state index contributed by atoms with van der Waals surface area (Å²) in [4.78, 5) is 0.297. The Hall–Kier alpha value is -0.840. The van der Waals surface area contributed by atoms with Crippen LogP contribution >= 0.6 is 11.6 Å². The van der Waals surface area contributed by atoms with Gasteiger partial charge in [0.15, 0.2) is 9.84 Å². The average Bonchev–Trinajstić information content (AvgIpc) is 2.43. The lowest BCUT2D eigenvalue weighted by atomic mass is 9.74. The number of aliphatic hydroxyl groups excluding tert-OH is 1. The minimum Gasteiger partial charge on any atom is -0.389 e. The van der Waals surface area contributed by atoms with Crippen molar-refractivity contribution in [3.05, 3.63) is 41.4 Å². The number of rotatable bonds is 2. The van der Waals surface area contributed by atoms with E-state index in [2.05, 4.69) is 0 Å². The fourth-order valence-corrected chi connectivity index (χ4v) is 5.85. The maximum atomic E-state index is 12.9. The highest BCUT2D eigenvalue weighted by atomic mass is 35.5. The molecule has 0 heterocycles. The molecule has 0 aromatic heterocycles. The molecule has 1 saturated carbocycles. The summed E-state index contributed by atoms with van der Waals surface area (Å²) in [5, 5.41) is 10.1. The maximum absolute atomic E-state index is 12.9. The Kier molecular flexibility index (Phi) is 3.65. The van der Waals surface area contributed by atoms with Gasteiger partial charge in [0.05, 0.1) is 16.2 Å². The van der Waals surface area contributed by atoms with Gasteiger partial charge in [0.25, 0.3) is 0 Å². The lowest BCUT2D eigenvalue weighted by molar-refractivity contribution is 0.104. The van der Waals surface area contributed by atoms with Gasteiger partial charge in [0.2, 0.25) is 0 Å². The van der Waals surface area contributed by atoms with Crippen molar-refractivity contribution < 1.29 is 13.5 Å². The van der Waals surface area contributed by atoms with Crippen molar-refractivity contribution in [1.29, 1.82) is 0 Å². The molecule has 1 aromatic rings. The fourth-order valence-electron chi connectivity index (χ4n) is 3.45. The molecule has 1 N–H and O–H groups in total. The van der Waals surface area contributed by atoms with Crippen LogP contribution in [0.4, 0.5) is 0 Å². The van der Waals surface area contributed by atoms with E-state index in [0.717, 1.165) is 19.3 Å². The molecule has 108 valence electrons. The van der Waals surface area contributed by atoms with E-state index in [4.69, 9.17) is 11.6 Å². The first-order valence-corrected chi connectivity index (χ1v) is 8.78. The normalized spacial score (nSPS) is 33.1. The number of fused-ring (bicyclic) bond motifs is 2. The van der Waals surface area contributed by atoms with E-state index < -0.39 is 21.2 Å². The second-order valence-electron chi connectivity index (χ2n) is 5.60. The van der Waals surface area contributed by atoms with Gasteiger partial charge in [0, 0.05) is 10.9 Å². The Balaban J connectivity index is 2.02. The Labute approximate surface area is 124 Å². The summed E-state index contributed by atoms with van der Waals surface area (Å²) in [6.07, 6.45) is 5.58. The molecule has 3 rings (SSSR count). The first-order chi connectivity index (χ1) is 9.50. The molecular weight excluding hydrogens is 296 g/mol. The SMILES string of the molecule is O=S(=O)(c1ccc(Cl)cc1)C1C2C=C[C@H](O)C1CCC2. The highest BCUT2D eigenvalue weighted by Gasteiger charge is 2.46. The summed E-state index contributed by atoms with van der Waals surface area (Å²) in [5.74, 6) is -0.183. The van der Waals surface area contributed by atoms with Gasteiger partial charge in [-0.1, -0.05) is 30.2 Å². The molecule has 0 spiro atoms. The van der Waals surface area contributed by atoms with Crippen molar-refractivity contribution in [1.82, 2.24) is 0 Å². The van der Waals surface area contributed by atoms with Gasteiger partial charge in [-0.3, -0.25) is 0 Å². The van der Waals surface area contributed by atoms with E-state index in [1.54, 1.807) is 30.3 Å². The van der Waals surface area contributed by atoms with Crippen LogP contribution in [0, 0.1) is 11.8 Å². The third-order valence-corrected chi connectivity index (χ3v) is 7.01. The average molecular weight is 313 g/mol. The van der Waals surface area contributed by atoms with Crippen LogP contribution in [0.1, 0.15) is 19.3 Å². The molecule has 5 heteroatoms. The lowest BCUT2D eigenvalue weighted by Gasteiger charge is -2.41. The molecule has 1 aromatic carbocycles. The standard InChI is InChI=1S/C15H17ClO3S/c16-11-5-7-12(8-6-11)20(18,19)15-10-2-1-3-13(15)14(17)9-4-10/h4-10,13-15,17H,1-3H2/t10?,13?,14-,15?/m0/s1. The molecule has 2 bridgehead atoms. The monoisotopic (exact) mass is 312 g/mol. The van der Waals surface area contributed by atoms with Crippen LogP contribution in [0.5, 0.6) is 0 Å². The predicted molar refractivity (Wildman–Crippen MR) is 78.4 cm³/mol. The van der Waals surface area contributed by atoms with Crippen LogP contribution in [0.25, 0.3) is 0 Å². The summed E-state index contributed by atoms with van der Waals surface area (Å²) >= 11 is 5.82. The first kappa shape index (κ1) is 14.1. The van der Waals surface area contributed by atoms with Crippen LogP contribution < -0.4 is 0 Å². The summed E-state index contributed by atoms with van der Waals surface area (Å²) in [6.45, 7) is 0. The van der Waals surface area contributed by atoms with Crippen LogP contribution in [-0.4, -0.2) is 24.9 Å². The van der Waals surface area contributed by atoms with Gasteiger partial charge in [-0.05, 0) is 43.0 Å². The molecule has 0 aliphatic heterocycles. The van der Waals surface area contributed by atoms with Crippen molar-refractivity contribution >= 4 is 21.4 Å². The summed E-state index contributed by atoms with van der Waals surface area (Å²) in [7, 11) is -3.44. The number of benzene rings is 1. The van der Waals surface area contributed by atoms with E-state index in [0.29, 0.717) is 9.92 Å². The molecule has 4 atom stereocenters. The first-order valence-electron chi connectivity index (χ1n) is 6.86. The van der Waals surface area contributed by atoms with Crippen molar-refractivity contribution in [2.75, 3.05) is 0 Å². The number of allylic oxidation sites excluding steroid dienone is 1. The zero-order valence-electron chi connectivity index (χ0n) is 10.9. The highest BCUT2D eigenvalue weighted by Crippen LogP contribution is 2.42. The Morgan fingerprint density at radius 3 is 2.50 bits per heavy atom. The quantitative estimate of drug-likeness (QED) is 0.854. The van der Waals surface area contributed by atoms with Crippen molar-refractivity contribution in [2.45, 2.75) is 35.5 Å². The maximum Gasteiger partial charge on any atom is 0.182 e. The minimum atomic E-state index is -3.44. The van der Waals surface area contributed by atoms with Gasteiger partial charge in [-0.15, -0.1) is 0 Å². The smallest absolute Gasteiger partial charge is 0.182 e. The molecular formula is C15H17ClO3S. The van der Waals surface area contributed by atoms with Gasteiger partial charge < -0.3 is 5.11 Å². The second kappa shape index (κ2) is 5.17. The minimum absolute atomic E-state index is 0.0119. The Morgan fingerprint density at radius 1 is 1.10 bits per heavy atom. The number of halogens is 1. The molecule has 3 unspecified atom stereocenters. The van der Waals surface area contributed by atoms with E-state index in [1.807, 2.05) is 6.08 Å². The van der Waals surface area contributed by atoms with E-state index in [9.17, 15) is 13.5 Å². The molecule has 0 radical (unpaired) electrons. The van der Waals surface area contributed by atoms with Crippen LogP contribution in [0.15, 0.2) is 41.3 Å². The number of hydrogen-bond donors (Lipinski definition) is 1. The lowest BCUT2D eigenvalue weighted by Crippen LogP contribution is -2.46. The third-order valence-electron chi connectivity index (χ3n) is 4.41. The highest BCUT2D eigenvalue weighted by molar-refractivity contribution is 7.92. The van der Waals surface area contributed by atoms with E-state index in [-0.39, 0.29) is 11.8 Å². The zero-order valence-corrected chi connectivity index (χ0v) is 12.5. The molecule has 1 fully saturated rings. The summed E-state index contributed by atoms with van der Waals surface area (Å²) in [6, 6.07) is 6.30. The molecule has 20 heavy (non-hydrogen) atoms. The molecule has 3 nitrogen and oxygen atoms in total. The predicted octanol–water partition coefficient (Wildman–Crippen LogP) is 2.83. The topological polar surface area (TPSA) is 54.4 Å². The van der Waals surface area contributed by atoms with Crippen molar-refractivity contribution in [2.24, 2.45) is 11.8 Å². The summed E-state index contributed by atoms with van der Waals surface area (Å²) < 4.78 is 25.7. The summed E-state index contributed by atoms with van der Waals surface area (Å²) in [5.41, 5.74) is 0. The van der Waals surface area contributed by atoms with Gasteiger partial charge in [0.1, 0.15) is 0 Å². The largest absolute Gasteiger partial charge is 0.389 e. The number of aliphatic hydroxyl groups is 1. The molecule has 0 saturated heterocycles. The molecule has 0 amide bonds. The van der Waals surface area contributed by atoms with Gasteiger partial charge >= 0.3 is 0 Å². The fraction of sp³-hybridized carbons (Fsp3) is 0.467. The third kappa shape index (κ3) is 2.30. The molecule has 2 aliphatic rings. The van der Waals surface area contributed by atoms with Crippen LogP contribution in [0.3, 0.4) is 0 Å².